The van der Waals surface area contributed by atoms with E-state index in [1.807, 2.05) is 0 Å². The summed E-state index contributed by atoms with van der Waals surface area (Å²) in [5.41, 5.74) is 0. The van der Waals surface area contributed by atoms with E-state index < -0.39 is 21.5 Å². The zero-order chi connectivity index (χ0) is 17.6. The Morgan fingerprint density at radius 3 is 1.70 bits per heavy atom. The normalized spacial score (nSPS) is 14.8. The number of aliphatic hydroxyl groups is 1. The van der Waals surface area contributed by atoms with Gasteiger partial charge in [0.05, 0.1) is 11.4 Å². The van der Waals surface area contributed by atoms with Crippen LogP contribution in [0.1, 0.15) is 104 Å². The lowest BCUT2D eigenvalue weighted by atomic mass is 10.0. The average Bonchev–Trinajstić information content (AvgIpc) is 2.48. The second-order valence-electron chi connectivity index (χ2n) is 6.79. The molecule has 2 N–H and O–H groups in total. The minimum atomic E-state index is -4.05. The summed E-state index contributed by atoms with van der Waals surface area (Å²) in [6.07, 6.45) is 13.0. The third-order valence-corrected chi connectivity index (χ3v) is 5.75. The van der Waals surface area contributed by atoms with Crippen LogP contribution in [0.15, 0.2) is 0 Å². The lowest BCUT2D eigenvalue weighted by Crippen LogP contribution is -2.26. The summed E-state index contributed by atoms with van der Waals surface area (Å²) in [6.45, 7) is 4.27. The maximum Gasteiger partial charge on any atom is 0.267 e. The standard InChI is InChI=1S/C18H38O4S/c1-3-5-7-8-9-10-11-13-14-17(19)16-18(23(20,21)22)15-12-6-4-2/h17-19H,3-16H2,1-2H3,(H,20,21,22). The first-order chi connectivity index (χ1) is 10.9. The van der Waals surface area contributed by atoms with Gasteiger partial charge < -0.3 is 5.11 Å². The summed E-state index contributed by atoms with van der Waals surface area (Å²) >= 11 is 0. The van der Waals surface area contributed by atoms with Crippen LogP contribution in [0.25, 0.3) is 0 Å². The van der Waals surface area contributed by atoms with Crippen molar-refractivity contribution in [3.63, 3.8) is 0 Å². The molecule has 0 aromatic rings. The molecular formula is C18H38O4S. The van der Waals surface area contributed by atoms with Crippen LogP contribution in [0.4, 0.5) is 0 Å². The third-order valence-electron chi connectivity index (χ3n) is 4.48. The van der Waals surface area contributed by atoms with Gasteiger partial charge in [0.25, 0.3) is 10.1 Å². The Hall–Kier alpha value is -0.130. The van der Waals surface area contributed by atoms with E-state index in [9.17, 15) is 18.1 Å². The van der Waals surface area contributed by atoms with Gasteiger partial charge in [0.1, 0.15) is 0 Å². The van der Waals surface area contributed by atoms with Gasteiger partial charge in [0, 0.05) is 0 Å². The van der Waals surface area contributed by atoms with Crippen LogP contribution in [-0.4, -0.2) is 29.4 Å². The van der Waals surface area contributed by atoms with Gasteiger partial charge in [-0.25, -0.2) is 0 Å². The molecule has 0 radical (unpaired) electrons. The first-order valence-corrected chi connectivity index (χ1v) is 11.1. The van der Waals surface area contributed by atoms with Gasteiger partial charge in [-0.15, -0.1) is 0 Å². The van der Waals surface area contributed by atoms with Gasteiger partial charge in [-0.3, -0.25) is 4.55 Å². The molecule has 140 valence electrons. The van der Waals surface area contributed by atoms with Crippen molar-refractivity contribution < 1.29 is 18.1 Å². The second-order valence-corrected chi connectivity index (χ2v) is 8.48. The molecule has 0 aliphatic heterocycles. The van der Waals surface area contributed by atoms with Crippen molar-refractivity contribution in [1.29, 1.82) is 0 Å². The Bertz CT molecular complexity index is 354. The fourth-order valence-electron chi connectivity index (χ4n) is 2.95. The summed E-state index contributed by atoms with van der Waals surface area (Å²) in [5, 5.41) is 9.23. The molecule has 2 atom stereocenters. The van der Waals surface area contributed by atoms with E-state index in [0.29, 0.717) is 12.8 Å². The Morgan fingerprint density at radius 1 is 0.739 bits per heavy atom. The van der Waals surface area contributed by atoms with Gasteiger partial charge >= 0.3 is 0 Å². The van der Waals surface area contributed by atoms with E-state index in [1.54, 1.807) is 0 Å². The molecular weight excluding hydrogens is 312 g/mol. The van der Waals surface area contributed by atoms with Gasteiger partial charge in [-0.2, -0.15) is 8.42 Å². The Morgan fingerprint density at radius 2 is 1.17 bits per heavy atom. The van der Waals surface area contributed by atoms with E-state index in [2.05, 4.69) is 13.8 Å². The topological polar surface area (TPSA) is 74.6 Å². The molecule has 0 aromatic carbocycles. The first-order valence-electron chi connectivity index (χ1n) is 9.56. The largest absolute Gasteiger partial charge is 0.393 e. The summed E-state index contributed by atoms with van der Waals surface area (Å²) in [6, 6.07) is 0. The summed E-state index contributed by atoms with van der Waals surface area (Å²) in [5.74, 6) is 0. The highest BCUT2D eigenvalue weighted by Gasteiger charge is 2.25. The monoisotopic (exact) mass is 350 g/mol. The molecule has 0 aliphatic carbocycles. The highest BCUT2D eigenvalue weighted by Crippen LogP contribution is 2.19. The molecule has 0 bridgehead atoms. The Balaban J connectivity index is 3.84. The predicted octanol–water partition coefficient (Wildman–Crippen LogP) is 5.10. The Labute approximate surface area is 143 Å². The van der Waals surface area contributed by atoms with Gasteiger partial charge in [0.15, 0.2) is 0 Å². The fraction of sp³-hybridized carbons (Fsp3) is 1.00. The quantitative estimate of drug-likeness (QED) is 0.300. The average molecular weight is 351 g/mol. The number of hydrogen-bond donors (Lipinski definition) is 2. The number of hydrogen-bond acceptors (Lipinski definition) is 3. The van der Waals surface area contributed by atoms with Crippen molar-refractivity contribution in [1.82, 2.24) is 0 Å². The number of aliphatic hydroxyl groups excluding tert-OH is 1. The molecule has 0 spiro atoms. The molecule has 0 heterocycles. The maximum absolute atomic E-state index is 11.4. The first kappa shape index (κ1) is 22.9. The van der Waals surface area contributed by atoms with Crippen LogP contribution in [0.3, 0.4) is 0 Å². The number of rotatable bonds is 16. The van der Waals surface area contributed by atoms with Crippen molar-refractivity contribution in [2.24, 2.45) is 0 Å². The molecule has 0 saturated carbocycles. The van der Waals surface area contributed by atoms with E-state index in [4.69, 9.17) is 0 Å². The molecule has 0 amide bonds. The molecule has 0 saturated heterocycles. The van der Waals surface area contributed by atoms with E-state index in [0.717, 1.165) is 32.1 Å². The van der Waals surface area contributed by atoms with E-state index in [-0.39, 0.29) is 6.42 Å². The van der Waals surface area contributed by atoms with Gasteiger partial charge in [-0.1, -0.05) is 84.5 Å². The molecule has 2 unspecified atom stereocenters. The molecule has 0 fully saturated rings. The van der Waals surface area contributed by atoms with Crippen molar-refractivity contribution in [3.8, 4) is 0 Å². The fourth-order valence-corrected chi connectivity index (χ4v) is 3.88. The van der Waals surface area contributed by atoms with Gasteiger partial charge in [0.2, 0.25) is 0 Å². The highest BCUT2D eigenvalue weighted by atomic mass is 32.2. The van der Waals surface area contributed by atoms with Crippen LogP contribution in [0, 0.1) is 0 Å². The minimum absolute atomic E-state index is 0.166. The van der Waals surface area contributed by atoms with Crippen LogP contribution < -0.4 is 0 Å². The minimum Gasteiger partial charge on any atom is -0.393 e. The summed E-state index contributed by atoms with van der Waals surface area (Å²) in [7, 11) is -4.05. The van der Waals surface area contributed by atoms with Crippen LogP contribution in [0.2, 0.25) is 0 Å². The van der Waals surface area contributed by atoms with Gasteiger partial charge in [-0.05, 0) is 19.3 Å². The van der Waals surface area contributed by atoms with Crippen LogP contribution in [-0.2, 0) is 10.1 Å². The van der Waals surface area contributed by atoms with Crippen molar-refractivity contribution in [2.75, 3.05) is 0 Å². The molecule has 0 aliphatic rings. The smallest absolute Gasteiger partial charge is 0.267 e. The predicted molar refractivity (Wildman–Crippen MR) is 97.3 cm³/mol. The molecule has 0 rings (SSSR count). The van der Waals surface area contributed by atoms with Crippen molar-refractivity contribution >= 4 is 10.1 Å². The lowest BCUT2D eigenvalue weighted by Gasteiger charge is -2.18. The van der Waals surface area contributed by atoms with E-state index >= 15 is 0 Å². The number of unbranched alkanes of at least 4 members (excludes halogenated alkanes) is 9. The van der Waals surface area contributed by atoms with E-state index in [1.165, 1.54) is 38.5 Å². The molecule has 23 heavy (non-hydrogen) atoms. The molecule has 5 heteroatoms. The summed E-state index contributed by atoms with van der Waals surface area (Å²) in [4.78, 5) is 0. The SMILES string of the molecule is CCCCCCCCCCC(O)CC(CCCCC)S(=O)(=O)O. The zero-order valence-corrected chi connectivity index (χ0v) is 16.0. The maximum atomic E-state index is 11.4. The molecule has 4 nitrogen and oxygen atoms in total. The van der Waals surface area contributed by atoms with Crippen LogP contribution >= 0.6 is 0 Å². The van der Waals surface area contributed by atoms with Crippen molar-refractivity contribution in [3.05, 3.63) is 0 Å². The van der Waals surface area contributed by atoms with Crippen LogP contribution in [0.5, 0.6) is 0 Å². The van der Waals surface area contributed by atoms with Crippen molar-refractivity contribution in [2.45, 2.75) is 115 Å². The molecule has 0 aromatic heterocycles. The summed E-state index contributed by atoms with van der Waals surface area (Å²) < 4.78 is 32.1. The zero-order valence-electron chi connectivity index (χ0n) is 15.2. The lowest BCUT2D eigenvalue weighted by molar-refractivity contribution is 0.146. The third kappa shape index (κ3) is 14.0. The highest BCUT2D eigenvalue weighted by molar-refractivity contribution is 7.86. The second kappa shape index (κ2) is 14.2. The Kier molecular flexibility index (Phi) is 14.2.